The van der Waals surface area contributed by atoms with E-state index in [1.165, 1.54) is 6.39 Å². The lowest BCUT2D eigenvalue weighted by atomic mass is 9.95. The van der Waals surface area contributed by atoms with Gasteiger partial charge in [0.2, 0.25) is 12.3 Å². The van der Waals surface area contributed by atoms with Gasteiger partial charge in [-0.05, 0) is 55.3 Å². The van der Waals surface area contributed by atoms with Gasteiger partial charge in [0, 0.05) is 22.4 Å². The van der Waals surface area contributed by atoms with Crippen LogP contribution in [0.4, 0.5) is 5.69 Å². The van der Waals surface area contributed by atoms with Crippen LogP contribution in [0.2, 0.25) is 0 Å². The largest absolute Gasteiger partial charge is 0.423 e. The fourth-order valence-electron chi connectivity index (χ4n) is 3.14. The average molecular weight is 397 g/mol. The number of hydrogen-bond acceptors (Lipinski definition) is 5. The summed E-state index contributed by atoms with van der Waals surface area (Å²) in [4.78, 5) is 26.1. The maximum absolute atomic E-state index is 13.1. The number of amides is 1. The van der Waals surface area contributed by atoms with Crippen LogP contribution in [-0.4, -0.2) is 21.9 Å². The van der Waals surface area contributed by atoms with Crippen LogP contribution in [0.1, 0.15) is 37.4 Å². The highest BCUT2D eigenvalue weighted by Crippen LogP contribution is 2.22. The molecule has 1 N–H and O–H groups in total. The van der Waals surface area contributed by atoms with Gasteiger partial charge in [-0.25, -0.2) is 0 Å². The SMILES string of the molecule is Cc1ccc(C(=O)c2ccccc2C(=O)Nc2cccc(-c3nnco3)c2)cc1C. The molecule has 0 fully saturated rings. The van der Waals surface area contributed by atoms with E-state index in [4.69, 9.17) is 4.42 Å². The zero-order chi connectivity index (χ0) is 21.1. The standard InChI is InChI=1S/C24H19N3O3/c1-15-10-11-17(12-16(15)2)22(28)20-8-3-4-9-21(20)23(29)26-19-7-5-6-18(13-19)24-27-25-14-30-24/h3-14H,1-2H3,(H,26,29). The third-order valence-electron chi connectivity index (χ3n) is 4.91. The van der Waals surface area contributed by atoms with Gasteiger partial charge in [0.15, 0.2) is 5.78 Å². The van der Waals surface area contributed by atoms with Gasteiger partial charge in [0.05, 0.1) is 5.56 Å². The fourth-order valence-corrected chi connectivity index (χ4v) is 3.14. The predicted molar refractivity (Wildman–Crippen MR) is 113 cm³/mol. The summed E-state index contributed by atoms with van der Waals surface area (Å²) < 4.78 is 5.20. The van der Waals surface area contributed by atoms with Gasteiger partial charge in [0.25, 0.3) is 5.91 Å². The van der Waals surface area contributed by atoms with Crippen LogP contribution >= 0.6 is 0 Å². The van der Waals surface area contributed by atoms with E-state index in [1.807, 2.05) is 26.0 Å². The summed E-state index contributed by atoms with van der Waals surface area (Å²) in [6, 6.07) is 19.4. The summed E-state index contributed by atoms with van der Waals surface area (Å²) in [5, 5.41) is 10.4. The van der Waals surface area contributed by atoms with Gasteiger partial charge in [-0.15, -0.1) is 10.2 Å². The second kappa shape index (κ2) is 8.13. The lowest BCUT2D eigenvalue weighted by Gasteiger charge is -2.11. The quantitative estimate of drug-likeness (QED) is 0.487. The topological polar surface area (TPSA) is 85.1 Å². The Kier molecular flexibility index (Phi) is 5.22. The van der Waals surface area contributed by atoms with Crippen molar-refractivity contribution >= 4 is 17.4 Å². The average Bonchev–Trinajstić information content (AvgIpc) is 3.30. The maximum atomic E-state index is 13.1. The molecular weight excluding hydrogens is 378 g/mol. The van der Waals surface area contributed by atoms with E-state index in [0.29, 0.717) is 33.8 Å². The smallest absolute Gasteiger partial charge is 0.256 e. The van der Waals surface area contributed by atoms with E-state index in [9.17, 15) is 9.59 Å². The molecule has 1 amide bonds. The van der Waals surface area contributed by atoms with Crippen LogP contribution in [0.3, 0.4) is 0 Å². The highest BCUT2D eigenvalue weighted by atomic mass is 16.4. The molecule has 4 aromatic rings. The Morgan fingerprint density at radius 1 is 0.867 bits per heavy atom. The number of carbonyl (C=O) groups is 2. The first-order valence-electron chi connectivity index (χ1n) is 9.42. The molecule has 0 spiro atoms. The van der Waals surface area contributed by atoms with Gasteiger partial charge in [-0.1, -0.05) is 36.4 Å². The number of aromatic nitrogens is 2. The molecule has 4 rings (SSSR count). The first-order chi connectivity index (χ1) is 14.5. The minimum atomic E-state index is -0.370. The number of nitrogens with one attached hydrogen (secondary N) is 1. The Labute approximate surface area is 173 Å². The summed E-state index contributed by atoms with van der Waals surface area (Å²) >= 11 is 0. The molecule has 0 aliphatic carbocycles. The molecule has 0 atom stereocenters. The number of anilines is 1. The number of rotatable bonds is 5. The Hall–Kier alpha value is -4.06. The third kappa shape index (κ3) is 3.89. The predicted octanol–water partition coefficient (Wildman–Crippen LogP) is 4.84. The molecule has 0 unspecified atom stereocenters. The minimum Gasteiger partial charge on any atom is -0.423 e. The summed E-state index contributed by atoms with van der Waals surface area (Å²) in [6.45, 7) is 3.95. The molecule has 0 aliphatic heterocycles. The Bertz CT molecular complexity index is 1230. The molecule has 0 aliphatic rings. The molecule has 6 heteroatoms. The molecule has 3 aromatic carbocycles. The summed E-state index contributed by atoms with van der Waals surface area (Å²) in [5.74, 6) is -0.203. The van der Waals surface area contributed by atoms with Crippen molar-refractivity contribution in [2.75, 3.05) is 5.32 Å². The van der Waals surface area contributed by atoms with E-state index < -0.39 is 0 Å². The number of aryl methyl sites for hydroxylation is 2. The van der Waals surface area contributed by atoms with E-state index >= 15 is 0 Å². The minimum absolute atomic E-state index is 0.191. The second-order valence-corrected chi connectivity index (χ2v) is 6.95. The number of nitrogens with zero attached hydrogens (tertiary/aromatic N) is 2. The number of hydrogen-bond donors (Lipinski definition) is 1. The van der Waals surface area contributed by atoms with Crippen LogP contribution in [0, 0.1) is 13.8 Å². The molecule has 148 valence electrons. The molecule has 0 radical (unpaired) electrons. The van der Waals surface area contributed by atoms with Crippen LogP contribution in [0.15, 0.2) is 77.5 Å². The van der Waals surface area contributed by atoms with Crippen molar-refractivity contribution in [3.63, 3.8) is 0 Å². The molecular formula is C24H19N3O3. The van der Waals surface area contributed by atoms with Crippen molar-refractivity contribution in [1.82, 2.24) is 10.2 Å². The van der Waals surface area contributed by atoms with Gasteiger partial charge in [-0.2, -0.15) is 0 Å². The van der Waals surface area contributed by atoms with Crippen molar-refractivity contribution in [1.29, 1.82) is 0 Å². The normalized spacial score (nSPS) is 10.6. The van der Waals surface area contributed by atoms with Crippen LogP contribution in [0.25, 0.3) is 11.5 Å². The van der Waals surface area contributed by atoms with E-state index in [-0.39, 0.29) is 11.7 Å². The summed E-state index contributed by atoms with van der Waals surface area (Å²) in [7, 11) is 0. The lowest BCUT2D eigenvalue weighted by molar-refractivity contribution is 0.0996. The van der Waals surface area contributed by atoms with E-state index in [2.05, 4.69) is 15.5 Å². The molecule has 6 nitrogen and oxygen atoms in total. The Morgan fingerprint density at radius 2 is 1.67 bits per heavy atom. The van der Waals surface area contributed by atoms with Crippen LogP contribution in [-0.2, 0) is 0 Å². The summed E-state index contributed by atoms with van der Waals surface area (Å²) in [6.07, 6.45) is 1.25. The second-order valence-electron chi connectivity index (χ2n) is 6.95. The van der Waals surface area contributed by atoms with E-state index in [1.54, 1.807) is 54.6 Å². The Balaban J connectivity index is 1.62. The molecule has 0 bridgehead atoms. The summed E-state index contributed by atoms with van der Waals surface area (Å²) in [5.41, 5.74) is 4.60. The third-order valence-corrected chi connectivity index (χ3v) is 4.91. The van der Waals surface area contributed by atoms with Crippen molar-refractivity contribution in [2.45, 2.75) is 13.8 Å². The molecule has 0 saturated heterocycles. The first-order valence-corrected chi connectivity index (χ1v) is 9.42. The number of ketones is 1. The van der Waals surface area contributed by atoms with Gasteiger partial charge < -0.3 is 9.73 Å². The molecule has 0 saturated carbocycles. The highest BCUT2D eigenvalue weighted by Gasteiger charge is 2.19. The van der Waals surface area contributed by atoms with Crippen molar-refractivity contribution in [3.05, 3.63) is 101 Å². The van der Waals surface area contributed by atoms with E-state index in [0.717, 1.165) is 11.1 Å². The fraction of sp³-hybridized carbons (Fsp3) is 0.0833. The first kappa shape index (κ1) is 19.3. The monoisotopic (exact) mass is 397 g/mol. The number of benzene rings is 3. The van der Waals surface area contributed by atoms with Gasteiger partial charge >= 0.3 is 0 Å². The maximum Gasteiger partial charge on any atom is 0.256 e. The molecule has 1 aromatic heterocycles. The van der Waals surface area contributed by atoms with Crippen molar-refractivity contribution in [3.8, 4) is 11.5 Å². The lowest BCUT2D eigenvalue weighted by Crippen LogP contribution is -2.17. The van der Waals surface area contributed by atoms with Crippen LogP contribution in [0.5, 0.6) is 0 Å². The molecule has 1 heterocycles. The zero-order valence-corrected chi connectivity index (χ0v) is 16.5. The molecule has 30 heavy (non-hydrogen) atoms. The highest BCUT2D eigenvalue weighted by molar-refractivity contribution is 6.17. The van der Waals surface area contributed by atoms with Crippen LogP contribution < -0.4 is 5.32 Å². The van der Waals surface area contributed by atoms with Gasteiger partial charge in [-0.3, -0.25) is 9.59 Å². The van der Waals surface area contributed by atoms with Crippen molar-refractivity contribution < 1.29 is 14.0 Å². The Morgan fingerprint density at radius 3 is 2.40 bits per heavy atom. The van der Waals surface area contributed by atoms with Crippen molar-refractivity contribution in [2.24, 2.45) is 0 Å². The van der Waals surface area contributed by atoms with Gasteiger partial charge in [0.1, 0.15) is 0 Å². The zero-order valence-electron chi connectivity index (χ0n) is 16.5. The number of carbonyl (C=O) groups excluding carboxylic acids is 2.